The summed E-state index contributed by atoms with van der Waals surface area (Å²) in [6.07, 6.45) is 4.88. The molecule has 0 atom stereocenters. The molecule has 0 aromatic carbocycles. The summed E-state index contributed by atoms with van der Waals surface area (Å²) >= 11 is 5.43. The summed E-state index contributed by atoms with van der Waals surface area (Å²) in [7, 11) is 0. The van der Waals surface area contributed by atoms with Crippen molar-refractivity contribution in [3.8, 4) is 0 Å². The van der Waals surface area contributed by atoms with E-state index >= 15 is 0 Å². The molecule has 0 bridgehead atoms. The molecule has 3 nitrogen and oxygen atoms in total. The zero-order valence-electron chi connectivity index (χ0n) is 12.3. The van der Waals surface area contributed by atoms with Gasteiger partial charge < -0.3 is 5.32 Å². The third-order valence-corrected chi connectivity index (χ3v) is 4.78. The van der Waals surface area contributed by atoms with Crippen molar-refractivity contribution in [3.05, 3.63) is 0 Å². The maximum Gasteiger partial charge on any atom is 0.185 e. The number of thiocarbonyl (C=S) groups is 1. The highest BCUT2D eigenvalue weighted by molar-refractivity contribution is 7.80. The summed E-state index contributed by atoms with van der Waals surface area (Å²) in [6.45, 7) is 11.4. The van der Waals surface area contributed by atoms with Crippen molar-refractivity contribution in [2.45, 2.75) is 72.0 Å². The number of hydrogen-bond acceptors (Lipinski definition) is 2. The Morgan fingerprint density at radius 3 is 2.22 bits per heavy atom. The van der Waals surface area contributed by atoms with Crippen LogP contribution < -0.4 is 10.7 Å². The molecule has 0 aromatic rings. The van der Waals surface area contributed by atoms with Crippen molar-refractivity contribution in [1.29, 1.82) is 0 Å². The van der Waals surface area contributed by atoms with Gasteiger partial charge >= 0.3 is 0 Å². The van der Waals surface area contributed by atoms with Crippen LogP contribution in [0.2, 0.25) is 0 Å². The molecule has 4 heteroatoms. The van der Waals surface area contributed by atoms with Crippen molar-refractivity contribution in [1.82, 2.24) is 15.8 Å². The summed E-state index contributed by atoms with van der Waals surface area (Å²) in [5.41, 5.74) is 4.07. The Morgan fingerprint density at radius 2 is 1.83 bits per heavy atom. The molecular formula is C14H27N3S. The molecule has 1 saturated heterocycles. The Balaban J connectivity index is 2.00. The van der Waals surface area contributed by atoms with Gasteiger partial charge in [-0.2, -0.15) is 0 Å². The zero-order chi connectivity index (χ0) is 13.6. The third-order valence-electron chi connectivity index (χ3n) is 4.48. The molecular weight excluding hydrogens is 242 g/mol. The minimum absolute atomic E-state index is 0.0309. The lowest BCUT2D eigenvalue weighted by Crippen LogP contribution is -2.54. The summed E-state index contributed by atoms with van der Waals surface area (Å²) in [5.74, 6) is 0.827. The van der Waals surface area contributed by atoms with Crippen LogP contribution in [-0.4, -0.2) is 21.8 Å². The fraction of sp³-hybridized carbons (Fsp3) is 0.929. The van der Waals surface area contributed by atoms with Gasteiger partial charge in [-0.15, -0.1) is 0 Å². The van der Waals surface area contributed by atoms with Crippen LogP contribution in [0.15, 0.2) is 0 Å². The Hall–Kier alpha value is -0.350. The minimum Gasteiger partial charge on any atom is -0.342 e. The molecule has 0 radical (unpaired) electrons. The average Bonchev–Trinajstić information content (AvgIpc) is 2.55. The Kier molecular flexibility index (Phi) is 3.63. The van der Waals surface area contributed by atoms with Crippen molar-refractivity contribution in [2.75, 3.05) is 0 Å². The molecule has 2 N–H and O–H groups in total. The molecule has 104 valence electrons. The second kappa shape index (κ2) is 4.64. The predicted octanol–water partition coefficient (Wildman–Crippen LogP) is 3.02. The molecule has 2 rings (SSSR count). The van der Waals surface area contributed by atoms with E-state index in [0.717, 1.165) is 23.9 Å². The van der Waals surface area contributed by atoms with E-state index in [-0.39, 0.29) is 5.66 Å². The van der Waals surface area contributed by atoms with E-state index in [1.165, 1.54) is 12.8 Å². The highest BCUT2D eigenvalue weighted by atomic mass is 32.1. The van der Waals surface area contributed by atoms with E-state index in [4.69, 9.17) is 12.2 Å². The highest BCUT2D eigenvalue weighted by Crippen LogP contribution is 2.41. The van der Waals surface area contributed by atoms with Gasteiger partial charge in [0.25, 0.3) is 0 Å². The number of rotatable bonds is 1. The molecule has 1 saturated carbocycles. The average molecular weight is 269 g/mol. The quantitative estimate of drug-likeness (QED) is 0.716. The van der Waals surface area contributed by atoms with Gasteiger partial charge in [0, 0.05) is 6.04 Å². The predicted molar refractivity (Wildman–Crippen MR) is 80.0 cm³/mol. The Bertz CT molecular complexity index is 324. The second-order valence-electron chi connectivity index (χ2n) is 7.23. The lowest BCUT2D eigenvalue weighted by Gasteiger charge is -2.42. The molecule has 0 aromatic heterocycles. The van der Waals surface area contributed by atoms with Crippen LogP contribution in [0.25, 0.3) is 0 Å². The standard InChI is InChI=1S/C14H27N3S/c1-10(2)17-12(18)15-14(16-17)8-6-11(7-9-14)13(3,4)5/h10-11,16H,6-9H2,1-5H3,(H,15,18). The van der Waals surface area contributed by atoms with Crippen LogP contribution in [0.1, 0.15) is 60.3 Å². The molecule has 1 aliphatic heterocycles. The zero-order valence-corrected chi connectivity index (χ0v) is 13.2. The van der Waals surface area contributed by atoms with Gasteiger partial charge in [-0.1, -0.05) is 20.8 Å². The molecule has 0 amide bonds. The van der Waals surface area contributed by atoms with Crippen LogP contribution in [-0.2, 0) is 0 Å². The molecule has 18 heavy (non-hydrogen) atoms. The fourth-order valence-electron chi connectivity index (χ4n) is 3.15. The van der Waals surface area contributed by atoms with Crippen molar-refractivity contribution in [3.63, 3.8) is 0 Å². The van der Waals surface area contributed by atoms with E-state index < -0.39 is 0 Å². The first kappa shape index (κ1) is 14.1. The lowest BCUT2D eigenvalue weighted by atomic mass is 9.70. The van der Waals surface area contributed by atoms with E-state index in [1.54, 1.807) is 0 Å². The third kappa shape index (κ3) is 2.64. The van der Waals surface area contributed by atoms with Gasteiger partial charge in [0.1, 0.15) is 5.66 Å². The van der Waals surface area contributed by atoms with Gasteiger partial charge in [0.05, 0.1) is 0 Å². The number of hydrazine groups is 1. The SMILES string of the molecule is CC(C)N1NC2(CCC(C(C)(C)C)CC2)NC1=S. The smallest absolute Gasteiger partial charge is 0.185 e. The highest BCUT2D eigenvalue weighted by Gasteiger charge is 2.44. The van der Waals surface area contributed by atoms with Gasteiger partial charge in [-0.25, -0.2) is 5.43 Å². The van der Waals surface area contributed by atoms with E-state index in [0.29, 0.717) is 11.5 Å². The molecule has 2 aliphatic rings. The Labute approximate surface area is 117 Å². The maximum absolute atomic E-state index is 5.43. The summed E-state index contributed by atoms with van der Waals surface area (Å²) in [4.78, 5) is 0. The topological polar surface area (TPSA) is 27.3 Å². The first-order chi connectivity index (χ1) is 8.23. The Morgan fingerprint density at radius 1 is 1.28 bits per heavy atom. The van der Waals surface area contributed by atoms with Gasteiger partial charge in [0.2, 0.25) is 0 Å². The maximum atomic E-state index is 5.43. The van der Waals surface area contributed by atoms with Crippen molar-refractivity contribution < 1.29 is 0 Å². The molecule has 1 heterocycles. The molecule has 1 aliphatic carbocycles. The van der Waals surface area contributed by atoms with Crippen LogP contribution in [0.3, 0.4) is 0 Å². The van der Waals surface area contributed by atoms with E-state index in [1.807, 2.05) is 0 Å². The first-order valence-corrected chi connectivity index (χ1v) is 7.53. The lowest BCUT2D eigenvalue weighted by molar-refractivity contribution is 0.0837. The summed E-state index contributed by atoms with van der Waals surface area (Å²) < 4.78 is 0. The molecule has 2 fully saturated rings. The van der Waals surface area contributed by atoms with E-state index in [9.17, 15) is 0 Å². The minimum atomic E-state index is 0.0309. The monoisotopic (exact) mass is 269 g/mol. The fourth-order valence-corrected chi connectivity index (χ4v) is 3.60. The van der Waals surface area contributed by atoms with Gasteiger partial charge in [0.15, 0.2) is 5.11 Å². The van der Waals surface area contributed by atoms with Crippen molar-refractivity contribution >= 4 is 17.3 Å². The van der Waals surface area contributed by atoms with Gasteiger partial charge in [-0.3, -0.25) is 5.01 Å². The summed E-state index contributed by atoms with van der Waals surface area (Å²) in [5, 5.41) is 6.48. The number of hydrogen-bond donors (Lipinski definition) is 2. The van der Waals surface area contributed by atoms with Crippen LogP contribution in [0.4, 0.5) is 0 Å². The molecule has 0 unspecified atom stereocenters. The van der Waals surface area contributed by atoms with E-state index in [2.05, 4.69) is 50.4 Å². The van der Waals surface area contributed by atoms with Crippen molar-refractivity contribution in [2.24, 2.45) is 11.3 Å². The number of nitrogens with one attached hydrogen (secondary N) is 2. The summed E-state index contributed by atoms with van der Waals surface area (Å²) in [6, 6.07) is 0.407. The largest absolute Gasteiger partial charge is 0.342 e. The van der Waals surface area contributed by atoms with Crippen LogP contribution >= 0.6 is 12.2 Å². The second-order valence-corrected chi connectivity index (χ2v) is 7.61. The van der Waals surface area contributed by atoms with Crippen LogP contribution in [0, 0.1) is 11.3 Å². The normalized spacial score (nSPS) is 33.3. The van der Waals surface area contributed by atoms with Gasteiger partial charge in [-0.05, 0) is 63.1 Å². The molecule has 1 spiro atoms. The number of nitrogens with zero attached hydrogens (tertiary/aromatic N) is 1. The van der Waals surface area contributed by atoms with Crippen LogP contribution in [0.5, 0.6) is 0 Å². The first-order valence-electron chi connectivity index (χ1n) is 7.13.